The second-order valence-corrected chi connectivity index (χ2v) is 8.42. The van der Waals surface area contributed by atoms with Crippen molar-refractivity contribution in [2.24, 2.45) is 5.92 Å². The number of piperidine rings is 1. The standard InChI is InChI=1S/C26H29N5O/c27-15-21-8-10-23(11-9-21)18-31-20-28-16-25(31)12-13-29-26(32)24-7-4-14-30(19-24)17-22-5-2-1-3-6-22/h1-3,5-6,8-11,16,20,24H,4,7,12-14,17-19H2,(H,29,32). The molecular weight excluding hydrogens is 398 g/mol. The number of benzene rings is 2. The SMILES string of the molecule is N#Cc1ccc(Cn2cncc2CCNC(=O)C2CCCN(Cc3ccccc3)C2)cc1. The number of nitrogens with zero attached hydrogens (tertiary/aromatic N) is 4. The lowest BCUT2D eigenvalue weighted by Crippen LogP contribution is -2.43. The van der Waals surface area contributed by atoms with E-state index in [1.54, 1.807) is 0 Å². The quantitative estimate of drug-likeness (QED) is 0.598. The number of likely N-dealkylation sites (tertiary alicyclic amines) is 1. The summed E-state index contributed by atoms with van der Waals surface area (Å²) in [5.41, 5.74) is 4.16. The second-order valence-electron chi connectivity index (χ2n) is 8.42. The highest BCUT2D eigenvalue weighted by atomic mass is 16.1. The van der Waals surface area contributed by atoms with Gasteiger partial charge in [0.1, 0.15) is 0 Å². The molecule has 1 atom stereocenters. The predicted molar refractivity (Wildman–Crippen MR) is 124 cm³/mol. The van der Waals surface area contributed by atoms with Crippen molar-refractivity contribution in [2.45, 2.75) is 32.4 Å². The molecule has 1 amide bonds. The third-order valence-corrected chi connectivity index (χ3v) is 6.04. The fourth-order valence-electron chi connectivity index (χ4n) is 4.29. The highest BCUT2D eigenvalue weighted by Crippen LogP contribution is 2.19. The zero-order valence-corrected chi connectivity index (χ0v) is 18.3. The first-order valence-corrected chi connectivity index (χ1v) is 11.2. The minimum Gasteiger partial charge on any atom is -0.355 e. The molecule has 6 heteroatoms. The van der Waals surface area contributed by atoms with Crippen molar-refractivity contribution in [2.75, 3.05) is 19.6 Å². The van der Waals surface area contributed by atoms with Crippen molar-refractivity contribution in [1.82, 2.24) is 19.8 Å². The van der Waals surface area contributed by atoms with Crippen LogP contribution in [0.15, 0.2) is 67.1 Å². The maximum absolute atomic E-state index is 12.8. The van der Waals surface area contributed by atoms with Crippen LogP contribution >= 0.6 is 0 Å². The molecule has 4 rings (SSSR count). The van der Waals surface area contributed by atoms with Crippen molar-refractivity contribution in [3.63, 3.8) is 0 Å². The van der Waals surface area contributed by atoms with Gasteiger partial charge in [-0.3, -0.25) is 9.69 Å². The van der Waals surface area contributed by atoms with E-state index >= 15 is 0 Å². The molecule has 0 bridgehead atoms. The molecule has 0 spiro atoms. The molecule has 2 heterocycles. The van der Waals surface area contributed by atoms with Crippen LogP contribution in [-0.2, 0) is 24.3 Å². The van der Waals surface area contributed by atoms with Gasteiger partial charge in [0.15, 0.2) is 0 Å². The van der Waals surface area contributed by atoms with Gasteiger partial charge >= 0.3 is 0 Å². The largest absolute Gasteiger partial charge is 0.355 e. The molecule has 1 saturated heterocycles. The van der Waals surface area contributed by atoms with Gasteiger partial charge in [-0.1, -0.05) is 42.5 Å². The van der Waals surface area contributed by atoms with Crippen LogP contribution < -0.4 is 5.32 Å². The van der Waals surface area contributed by atoms with Gasteiger partial charge in [-0.2, -0.15) is 5.26 Å². The van der Waals surface area contributed by atoms with Crippen LogP contribution in [0.5, 0.6) is 0 Å². The first-order chi connectivity index (χ1) is 15.7. The molecule has 32 heavy (non-hydrogen) atoms. The van der Waals surface area contributed by atoms with E-state index in [0.29, 0.717) is 18.7 Å². The van der Waals surface area contributed by atoms with Gasteiger partial charge in [0.2, 0.25) is 5.91 Å². The number of carbonyl (C=O) groups excluding carboxylic acids is 1. The topological polar surface area (TPSA) is 74.0 Å². The highest BCUT2D eigenvalue weighted by Gasteiger charge is 2.25. The summed E-state index contributed by atoms with van der Waals surface area (Å²) >= 11 is 0. The summed E-state index contributed by atoms with van der Waals surface area (Å²) < 4.78 is 2.09. The summed E-state index contributed by atoms with van der Waals surface area (Å²) in [6, 6.07) is 20.2. The third-order valence-electron chi connectivity index (χ3n) is 6.04. The second kappa shape index (κ2) is 10.7. The molecule has 1 aromatic heterocycles. The molecule has 1 aliphatic rings. The monoisotopic (exact) mass is 427 g/mol. The number of nitriles is 1. The number of rotatable bonds is 8. The molecule has 2 aromatic carbocycles. The summed E-state index contributed by atoms with van der Waals surface area (Å²) in [6.45, 7) is 4.07. The molecule has 0 radical (unpaired) electrons. The number of imidazole rings is 1. The van der Waals surface area contributed by atoms with Crippen LogP contribution in [0.4, 0.5) is 0 Å². The van der Waals surface area contributed by atoms with E-state index < -0.39 is 0 Å². The Hall–Kier alpha value is -3.43. The Morgan fingerprint density at radius 2 is 1.88 bits per heavy atom. The van der Waals surface area contributed by atoms with E-state index in [1.807, 2.05) is 42.9 Å². The Morgan fingerprint density at radius 1 is 1.09 bits per heavy atom. The summed E-state index contributed by atoms with van der Waals surface area (Å²) in [5.74, 6) is 0.206. The Morgan fingerprint density at radius 3 is 2.66 bits per heavy atom. The molecule has 1 N–H and O–H groups in total. The van der Waals surface area contributed by atoms with Crippen LogP contribution in [-0.4, -0.2) is 40.0 Å². The van der Waals surface area contributed by atoms with Gasteiger partial charge in [0.25, 0.3) is 0 Å². The average molecular weight is 428 g/mol. The Kier molecular flexibility index (Phi) is 7.31. The Labute approximate surface area is 189 Å². The van der Waals surface area contributed by atoms with Gasteiger partial charge in [0.05, 0.1) is 23.9 Å². The maximum atomic E-state index is 12.8. The lowest BCUT2D eigenvalue weighted by atomic mass is 9.96. The van der Waals surface area contributed by atoms with E-state index in [2.05, 4.69) is 50.1 Å². The summed E-state index contributed by atoms with van der Waals surface area (Å²) in [4.78, 5) is 19.4. The molecular formula is C26H29N5O. The molecule has 3 aromatic rings. The van der Waals surface area contributed by atoms with E-state index in [0.717, 1.165) is 50.2 Å². The highest BCUT2D eigenvalue weighted by molar-refractivity contribution is 5.78. The van der Waals surface area contributed by atoms with Crippen molar-refractivity contribution in [3.8, 4) is 6.07 Å². The minimum absolute atomic E-state index is 0.0519. The fourth-order valence-corrected chi connectivity index (χ4v) is 4.29. The summed E-state index contributed by atoms with van der Waals surface area (Å²) in [5, 5.41) is 12.1. The smallest absolute Gasteiger partial charge is 0.224 e. The first kappa shape index (κ1) is 21.8. The van der Waals surface area contributed by atoms with E-state index in [9.17, 15) is 4.79 Å². The Bertz CT molecular complexity index is 1050. The predicted octanol–water partition coefficient (Wildman–Crippen LogP) is 3.37. The number of aromatic nitrogens is 2. The molecule has 1 unspecified atom stereocenters. The number of nitrogens with one attached hydrogen (secondary N) is 1. The minimum atomic E-state index is 0.0519. The molecule has 1 aliphatic heterocycles. The van der Waals surface area contributed by atoms with E-state index in [1.165, 1.54) is 5.56 Å². The number of hydrogen-bond donors (Lipinski definition) is 1. The first-order valence-electron chi connectivity index (χ1n) is 11.2. The van der Waals surface area contributed by atoms with Crippen molar-refractivity contribution < 1.29 is 4.79 Å². The van der Waals surface area contributed by atoms with Gasteiger partial charge in [-0.15, -0.1) is 0 Å². The van der Waals surface area contributed by atoms with Gasteiger partial charge in [-0.25, -0.2) is 4.98 Å². The average Bonchev–Trinajstić information content (AvgIpc) is 3.27. The van der Waals surface area contributed by atoms with Gasteiger partial charge in [-0.05, 0) is 42.6 Å². The normalized spacial score (nSPS) is 16.4. The van der Waals surface area contributed by atoms with Crippen molar-refractivity contribution in [3.05, 3.63) is 89.5 Å². The van der Waals surface area contributed by atoms with Crippen LogP contribution in [0, 0.1) is 17.2 Å². The number of carbonyl (C=O) groups is 1. The van der Waals surface area contributed by atoms with Gasteiger partial charge < -0.3 is 9.88 Å². The summed E-state index contributed by atoms with van der Waals surface area (Å²) in [7, 11) is 0. The van der Waals surface area contributed by atoms with Gasteiger partial charge in [0, 0.05) is 44.5 Å². The molecule has 6 nitrogen and oxygen atoms in total. The maximum Gasteiger partial charge on any atom is 0.224 e. The zero-order chi connectivity index (χ0) is 22.2. The molecule has 1 fully saturated rings. The van der Waals surface area contributed by atoms with Crippen LogP contribution in [0.3, 0.4) is 0 Å². The molecule has 0 aliphatic carbocycles. The van der Waals surface area contributed by atoms with Crippen LogP contribution in [0.25, 0.3) is 0 Å². The zero-order valence-electron chi connectivity index (χ0n) is 18.3. The summed E-state index contributed by atoms with van der Waals surface area (Å²) in [6.07, 6.45) is 6.43. The lowest BCUT2D eigenvalue weighted by molar-refractivity contribution is -0.126. The number of hydrogen-bond acceptors (Lipinski definition) is 4. The van der Waals surface area contributed by atoms with E-state index in [-0.39, 0.29) is 11.8 Å². The Balaban J connectivity index is 1.25. The fraction of sp³-hybridized carbons (Fsp3) is 0.346. The lowest BCUT2D eigenvalue weighted by Gasteiger charge is -2.32. The van der Waals surface area contributed by atoms with Crippen LogP contribution in [0.2, 0.25) is 0 Å². The third kappa shape index (κ3) is 5.83. The molecule has 164 valence electrons. The number of amides is 1. The molecule has 0 saturated carbocycles. The van der Waals surface area contributed by atoms with Crippen LogP contribution in [0.1, 0.15) is 35.2 Å². The van der Waals surface area contributed by atoms with E-state index in [4.69, 9.17) is 5.26 Å². The van der Waals surface area contributed by atoms with Crippen molar-refractivity contribution >= 4 is 5.91 Å². The van der Waals surface area contributed by atoms with Crippen molar-refractivity contribution in [1.29, 1.82) is 5.26 Å².